The van der Waals surface area contributed by atoms with Gasteiger partial charge in [-0.2, -0.15) is 5.10 Å². The Morgan fingerprint density at radius 2 is 2.08 bits per heavy atom. The molecule has 126 valence electrons. The van der Waals surface area contributed by atoms with E-state index in [0.717, 1.165) is 29.8 Å². The summed E-state index contributed by atoms with van der Waals surface area (Å²) in [5.74, 6) is 0.404. The fourth-order valence-corrected chi connectivity index (χ4v) is 3.03. The van der Waals surface area contributed by atoms with Crippen LogP contribution in [-0.4, -0.2) is 20.7 Å². The highest BCUT2D eigenvalue weighted by molar-refractivity contribution is 5.95. The van der Waals surface area contributed by atoms with Crippen molar-refractivity contribution in [3.63, 3.8) is 0 Å². The lowest BCUT2D eigenvalue weighted by molar-refractivity contribution is 0.0930. The Morgan fingerprint density at radius 1 is 1.20 bits per heavy atom. The lowest BCUT2D eigenvalue weighted by Crippen LogP contribution is -2.30. The van der Waals surface area contributed by atoms with Crippen molar-refractivity contribution in [1.82, 2.24) is 20.1 Å². The number of nitrogens with one attached hydrogen (secondary N) is 1. The van der Waals surface area contributed by atoms with Gasteiger partial charge in [-0.1, -0.05) is 6.07 Å². The van der Waals surface area contributed by atoms with E-state index in [4.69, 9.17) is 0 Å². The molecule has 5 heteroatoms. The molecule has 1 aromatic carbocycles. The molecule has 0 bridgehead atoms. The summed E-state index contributed by atoms with van der Waals surface area (Å²) in [6.07, 6.45) is 7.66. The molecule has 25 heavy (non-hydrogen) atoms. The SMILES string of the molecule is Cc1ccnc(C(NC(=O)c2cccc(-n3cccn3)c2)C2CC2)c1. The van der Waals surface area contributed by atoms with Gasteiger partial charge in [-0.15, -0.1) is 0 Å². The molecule has 1 N–H and O–H groups in total. The van der Waals surface area contributed by atoms with E-state index < -0.39 is 0 Å². The lowest BCUT2D eigenvalue weighted by Gasteiger charge is -2.18. The highest BCUT2D eigenvalue weighted by atomic mass is 16.1. The fraction of sp³-hybridized carbons (Fsp3) is 0.250. The zero-order valence-corrected chi connectivity index (χ0v) is 14.1. The van der Waals surface area contributed by atoms with E-state index >= 15 is 0 Å². The Labute approximate surface area is 146 Å². The molecule has 1 unspecified atom stereocenters. The third-order valence-corrected chi connectivity index (χ3v) is 4.51. The van der Waals surface area contributed by atoms with Gasteiger partial charge in [0.1, 0.15) is 0 Å². The first-order chi connectivity index (χ1) is 12.2. The van der Waals surface area contributed by atoms with Gasteiger partial charge in [-0.25, -0.2) is 4.68 Å². The molecule has 4 rings (SSSR count). The second kappa shape index (κ2) is 6.51. The van der Waals surface area contributed by atoms with Crippen LogP contribution in [0.5, 0.6) is 0 Å². The lowest BCUT2D eigenvalue weighted by atomic mass is 10.1. The minimum atomic E-state index is -0.0748. The number of nitrogens with zero attached hydrogens (tertiary/aromatic N) is 3. The molecule has 1 atom stereocenters. The van der Waals surface area contributed by atoms with E-state index in [2.05, 4.69) is 21.5 Å². The Kier molecular flexibility index (Phi) is 4.06. The standard InChI is InChI=1S/C20H20N4O/c1-14-8-10-21-18(12-14)19(15-6-7-15)23-20(25)16-4-2-5-17(13-16)24-11-3-9-22-24/h2-5,8-13,15,19H,6-7H2,1H3,(H,23,25). The highest BCUT2D eigenvalue weighted by Gasteiger charge is 2.34. The van der Waals surface area contributed by atoms with Crippen molar-refractivity contribution in [2.75, 3.05) is 0 Å². The van der Waals surface area contributed by atoms with E-state index in [9.17, 15) is 4.79 Å². The van der Waals surface area contributed by atoms with Crippen LogP contribution < -0.4 is 5.32 Å². The predicted octanol–water partition coefficient (Wildman–Crippen LogP) is 3.46. The van der Waals surface area contributed by atoms with Gasteiger partial charge in [0.05, 0.1) is 17.4 Å². The Bertz CT molecular complexity index is 884. The summed E-state index contributed by atoms with van der Waals surface area (Å²) in [6, 6.07) is 13.4. The van der Waals surface area contributed by atoms with Crippen LogP contribution in [0.25, 0.3) is 5.69 Å². The Balaban J connectivity index is 1.57. The number of hydrogen-bond acceptors (Lipinski definition) is 3. The van der Waals surface area contributed by atoms with E-state index in [1.54, 1.807) is 10.9 Å². The molecular weight excluding hydrogens is 312 g/mol. The van der Waals surface area contributed by atoms with Crippen molar-refractivity contribution in [1.29, 1.82) is 0 Å². The second-order valence-corrected chi connectivity index (χ2v) is 6.55. The molecule has 5 nitrogen and oxygen atoms in total. The molecule has 1 saturated carbocycles. The third-order valence-electron chi connectivity index (χ3n) is 4.51. The zero-order chi connectivity index (χ0) is 17.2. The van der Waals surface area contributed by atoms with Gasteiger partial charge in [0.15, 0.2) is 0 Å². The molecule has 0 radical (unpaired) electrons. The summed E-state index contributed by atoms with van der Waals surface area (Å²) in [6.45, 7) is 2.05. The predicted molar refractivity (Wildman–Crippen MR) is 95.5 cm³/mol. The Morgan fingerprint density at radius 3 is 2.80 bits per heavy atom. The maximum absolute atomic E-state index is 12.8. The number of rotatable bonds is 5. The molecule has 1 aliphatic rings. The molecule has 2 aromatic heterocycles. The van der Waals surface area contributed by atoms with Crippen LogP contribution in [-0.2, 0) is 0 Å². The normalized spacial score (nSPS) is 14.9. The van der Waals surface area contributed by atoms with Gasteiger partial charge in [0.25, 0.3) is 5.91 Å². The number of benzene rings is 1. The largest absolute Gasteiger partial charge is 0.343 e. The monoisotopic (exact) mass is 332 g/mol. The summed E-state index contributed by atoms with van der Waals surface area (Å²) in [4.78, 5) is 17.3. The molecule has 0 spiro atoms. The van der Waals surface area contributed by atoms with Gasteiger partial charge < -0.3 is 5.32 Å². The summed E-state index contributed by atoms with van der Waals surface area (Å²) in [5, 5.41) is 7.40. The van der Waals surface area contributed by atoms with Crippen molar-refractivity contribution >= 4 is 5.91 Å². The minimum Gasteiger partial charge on any atom is -0.343 e. The average Bonchev–Trinajstić information content (AvgIpc) is 3.32. The number of aromatic nitrogens is 3. The van der Waals surface area contributed by atoms with Crippen LogP contribution in [0.2, 0.25) is 0 Å². The third kappa shape index (κ3) is 3.45. The topological polar surface area (TPSA) is 59.8 Å². The van der Waals surface area contributed by atoms with E-state index in [1.165, 1.54) is 0 Å². The number of pyridine rings is 1. The molecule has 1 amide bonds. The second-order valence-electron chi connectivity index (χ2n) is 6.55. The van der Waals surface area contributed by atoms with Crippen molar-refractivity contribution in [2.45, 2.75) is 25.8 Å². The number of carbonyl (C=O) groups excluding carboxylic acids is 1. The number of carbonyl (C=O) groups is 1. The van der Waals surface area contributed by atoms with Gasteiger partial charge in [-0.3, -0.25) is 9.78 Å². The molecule has 0 aliphatic heterocycles. The summed E-state index contributed by atoms with van der Waals surface area (Å²) in [7, 11) is 0. The van der Waals surface area contributed by atoms with Crippen molar-refractivity contribution in [3.05, 3.63) is 77.9 Å². The number of aryl methyl sites for hydroxylation is 1. The van der Waals surface area contributed by atoms with Crippen LogP contribution in [0.4, 0.5) is 0 Å². The van der Waals surface area contributed by atoms with E-state index in [0.29, 0.717) is 11.5 Å². The molecule has 3 aromatic rings. The Hall–Kier alpha value is -2.95. The summed E-state index contributed by atoms with van der Waals surface area (Å²) in [5.41, 5.74) is 3.60. The van der Waals surface area contributed by atoms with Crippen LogP contribution in [0, 0.1) is 12.8 Å². The minimum absolute atomic E-state index is 0.0271. The van der Waals surface area contributed by atoms with Gasteiger partial charge >= 0.3 is 0 Å². The number of hydrogen-bond donors (Lipinski definition) is 1. The van der Waals surface area contributed by atoms with E-state index in [-0.39, 0.29) is 11.9 Å². The maximum atomic E-state index is 12.8. The quantitative estimate of drug-likeness (QED) is 0.778. The molecule has 0 saturated heterocycles. The van der Waals surface area contributed by atoms with Crippen LogP contribution in [0.3, 0.4) is 0 Å². The first-order valence-electron chi connectivity index (χ1n) is 8.54. The van der Waals surface area contributed by atoms with Crippen LogP contribution >= 0.6 is 0 Å². The summed E-state index contributed by atoms with van der Waals surface area (Å²) < 4.78 is 1.75. The van der Waals surface area contributed by atoms with Crippen LogP contribution in [0.1, 0.15) is 40.5 Å². The van der Waals surface area contributed by atoms with Crippen LogP contribution in [0.15, 0.2) is 61.1 Å². The summed E-state index contributed by atoms with van der Waals surface area (Å²) >= 11 is 0. The molecular formula is C20H20N4O. The van der Waals surface area contributed by atoms with Gasteiger partial charge in [0, 0.05) is 24.2 Å². The van der Waals surface area contributed by atoms with Crippen molar-refractivity contribution in [2.24, 2.45) is 5.92 Å². The zero-order valence-electron chi connectivity index (χ0n) is 14.1. The van der Waals surface area contributed by atoms with E-state index in [1.807, 2.05) is 55.7 Å². The molecule has 2 heterocycles. The molecule has 1 fully saturated rings. The van der Waals surface area contributed by atoms with Gasteiger partial charge in [-0.05, 0) is 67.6 Å². The number of amides is 1. The highest BCUT2D eigenvalue weighted by Crippen LogP contribution is 2.40. The molecule has 1 aliphatic carbocycles. The van der Waals surface area contributed by atoms with Gasteiger partial charge in [0.2, 0.25) is 0 Å². The van der Waals surface area contributed by atoms with Crippen molar-refractivity contribution < 1.29 is 4.79 Å². The fourth-order valence-electron chi connectivity index (χ4n) is 3.03. The van der Waals surface area contributed by atoms with Crippen molar-refractivity contribution in [3.8, 4) is 5.69 Å². The first kappa shape index (κ1) is 15.6. The average molecular weight is 332 g/mol. The first-order valence-corrected chi connectivity index (χ1v) is 8.54. The maximum Gasteiger partial charge on any atom is 0.251 e. The smallest absolute Gasteiger partial charge is 0.251 e.